The number of nitrogens with zero attached hydrogens (tertiary/aromatic N) is 2. The van der Waals surface area contributed by atoms with Crippen molar-refractivity contribution in [2.45, 2.75) is 91.5 Å². The Morgan fingerprint density at radius 2 is 1.34 bits per heavy atom. The molecule has 2 rings (SSSR count). The van der Waals surface area contributed by atoms with Crippen LogP contribution in [0.25, 0.3) is 0 Å². The molecule has 1 aliphatic carbocycles. The van der Waals surface area contributed by atoms with Gasteiger partial charge in [0.15, 0.2) is 0 Å². The number of piperazine rings is 1. The lowest BCUT2D eigenvalue weighted by Gasteiger charge is -2.39. The summed E-state index contributed by atoms with van der Waals surface area (Å²) in [7, 11) is 0. The molecule has 0 atom stereocenters. The van der Waals surface area contributed by atoms with Gasteiger partial charge in [-0.25, -0.2) is 0 Å². The van der Waals surface area contributed by atoms with E-state index in [4.69, 9.17) is 14.2 Å². The smallest absolute Gasteiger partial charge is 0.0631 e. The van der Waals surface area contributed by atoms with E-state index in [1.54, 1.807) is 0 Å². The number of ether oxygens (including phenoxy) is 3. The van der Waals surface area contributed by atoms with E-state index in [0.29, 0.717) is 12.2 Å². The molecule has 0 radical (unpaired) electrons. The first kappa shape index (κ1) is 25.1. The van der Waals surface area contributed by atoms with Crippen LogP contribution in [0.4, 0.5) is 0 Å². The molecule has 0 aromatic heterocycles. The highest BCUT2D eigenvalue weighted by atomic mass is 16.5. The first-order valence-corrected chi connectivity index (χ1v) is 11.9. The third-order valence-corrected chi connectivity index (χ3v) is 5.60. The summed E-state index contributed by atoms with van der Waals surface area (Å²) in [4.78, 5) is 5.17. The Labute approximate surface area is 180 Å². The largest absolute Gasteiger partial charge is 0.381 e. The number of hydrogen-bond donors (Lipinski definition) is 0. The van der Waals surface area contributed by atoms with E-state index in [9.17, 15) is 0 Å². The van der Waals surface area contributed by atoms with Gasteiger partial charge in [-0.2, -0.15) is 0 Å². The first-order valence-electron chi connectivity index (χ1n) is 11.9. The van der Waals surface area contributed by atoms with Crippen LogP contribution in [0.2, 0.25) is 0 Å². The molecule has 0 N–H and O–H groups in total. The van der Waals surface area contributed by atoms with Crippen LogP contribution in [0.15, 0.2) is 0 Å². The Hall–Kier alpha value is -0.200. The molecule has 1 saturated carbocycles. The van der Waals surface area contributed by atoms with Gasteiger partial charge in [-0.15, -0.1) is 0 Å². The molecule has 0 aromatic rings. The van der Waals surface area contributed by atoms with E-state index in [0.717, 1.165) is 39.2 Å². The predicted octanol–water partition coefficient (Wildman–Crippen LogP) is 4.20. The van der Waals surface area contributed by atoms with Gasteiger partial charge in [0, 0.05) is 39.3 Å². The molecule has 5 heteroatoms. The maximum absolute atomic E-state index is 6.04. The Balaban J connectivity index is 1.39. The number of unbranched alkanes of at least 4 members (excludes halogenated alkanes) is 2. The van der Waals surface area contributed by atoms with Crippen LogP contribution in [0.1, 0.15) is 73.6 Å². The molecule has 0 spiro atoms. The van der Waals surface area contributed by atoms with Gasteiger partial charge >= 0.3 is 0 Å². The van der Waals surface area contributed by atoms with Crippen LogP contribution >= 0.6 is 0 Å². The van der Waals surface area contributed by atoms with E-state index >= 15 is 0 Å². The summed E-state index contributed by atoms with van der Waals surface area (Å²) in [6, 6.07) is 0. The van der Waals surface area contributed by atoms with Gasteiger partial charge in [-0.3, -0.25) is 4.90 Å². The molecule has 2 aliphatic rings. The van der Waals surface area contributed by atoms with Gasteiger partial charge in [0.1, 0.15) is 0 Å². The molecule has 1 heterocycles. The second-order valence-electron chi connectivity index (χ2n) is 11.2. The minimum atomic E-state index is -0.0324. The lowest BCUT2D eigenvalue weighted by Crippen LogP contribution is -2.48. The summed E-state index contributed by atoms with van der Waals surface area (Å²) in [5.74, 6) is 0. The van der Waals surface area contributed by atoms with Crippen LogP contribution in [-0.4, -0.2) is 86.7 Å². The zero-order chi connectivity index (χ0) is 21.3. The summed E-state index contributed by atoms with van der Waals surface area (Å²) in [5.41, 5.74) is 0.251. The first-order chi connectivity index (χ1) is 13.6. The van der Waals surface area contributed by atoms with Gasteiger partial charge in [0.2, 0.25) is 0 Å². The maximum Gasteiger partial charge on any atom is 0.0631 e. The molecular weight excluding hydrogens is 364 g/mol. The van der Waals surface area contributed by atoms with Crippen molar-refractivity contribution in [2.75, 3.05) is 59.1 Å². The third kappa shape index (κ3) is 11.7. The van der Waals surface area contributed by atoms with Gasteiger partial charge in [-0.1, -0.05) is 20.8 Å². The maximum atomic E-state index is 6.04. The molecule has 0 amide bonds. The van der Waals surface area contributed by atoms with Crippen molar-refractivity contribution < 1.29 is 14.2 Å². The van der Waals surface area contributed by atoms with Crippen molar-refractivity contribution in [3.63, 3.8) is 0 Å². The Morgan fingerprint density at radius 1 is 0.724 bits per heavy atom. The van der Waals surface area contributed by atoms with E-state index in [1.807, 2.05) is 0 Å². The van der Waals surface area contributed by atoms with Crippen molar-refractivity contribution in [1.82, 2.24) is 9.80 Å². The van der Waals surface area contributed by atoms with Crippen molar-refractivity contribution in [3.05, 3.63) is 0 Å². The second kappa shape index (κ2) is 12.0. The summed E-state index contributed by atoms with van der Waals surface area (Å²) < 4.78 is 17.8. The molecule has 0 aromatic carbocycles. The molecule has 0 unspecified atom stereocenters. The fourth-order valence-electron chi connectivity index (χ4n) is 3.93. The summed E-state index contributed by atoms with van der Waals surface area (Å²) in [5, 5.41) is 0. The second-order valence-corrected chi connectivity index (χ2v) is 11.2. The summed E-state index contributed by atoms with van der Waals surface area (Å²) >= 11 is 0. The van der Waals surface area contributed by atoms with Crippen LogP contribution in [0.5, 0.6) is 0 Å². The van der Waals surface area contributed by atoms with Crippen molar-refractivity contribution in [2.24, 2.45) is 5.41 Å². The van der Waals surface area contributed by atoms with Crippen molar-refractivity contribution in [1.29, 1.82) is 0 Å². The monoisotopic (exact) mass is 412 g/mol. The summed E-state index contributed by atoms with van der Waals surface area (Å²) in [6.45, 7) is 22.8. The Morgan fingerprint density at radius 3 is 1.93 bits per heavy atom. The lowest BCUT2D eigenvalue weighted by molar-refractivity contribution is -0.149. The molecule has 29 heavy (non-hydrogen) atoms. The average Bonchev–Trinajstić information content (AvgIpc) is 2.58. The zero-order valence-corrected chi connectivity index (χ0v) is 20.2. The van der Waals surface area contributed by atoms with Crippen LogP contribution in [0, 0.1) is 5.41 Å². The molecule has 5 nitrogen and oxygen atoms in total. The Kier molecular flexibility index (Phi) is 10.4. The minimum Gasteiger partial charge on any atom is -0.381 e. The average molecular weight is 413 g/mol. The normalized spacial score (nSPS) is 24.6. The highest BCUT2D eigenvalue weighted by Crippen LogP contribution is 2.29. The minimum absolute atomic E-state index is 0.0324. The van der Waals surface area contributed by atoms with Gasteiger partial charge in [0.25, 0.3) is 0 Å². The van der Waals surface area contributed by atoms with E-state index < -0.39 is 0 Å². The fraction of sp³-hybridized carbons (Fsp3) is 1.00. The molecule has 172 valence electrons. The van der Waals surface area contributed by atoms with E-state index in [-0.39, 0.29) is 11.0 Å². The summed E-state index contributed by atoms with van der Waals surface area (Å²) in [6.07, 6.45) is 6.69. The topological polar surface area (TPSA) is 34.2 Å². The number of hydrogen-bond acceptors (Lipinski definition) is 5. The molecular formula is C24H48N2O3. The third-order valence-electron chi connectivity index (χ3n) is 5.60. The van der Waals surface area contributed by atoms with Gasteiger partial charge in [-0.05, 0) is 64.8 Å². The quantitative estimate of drug-likeness (QED) is 0.449. The van der Waals surface area contributed by atoms with Crippen LogP contribution < -0.4 is 0 Å². The zero-order valence-electron chi connectivity index (χ0n) is 20.2. The van der Waals surface area contributed by atoms with Crippen molar-refractivity contribution >= 4 is 0 Å². The van der Waals surface area contributed by atoms with E-state index in [2.05, 4.69) is 51.3 Å². The SMILES string of the molecule is CC(C)(C)COCCCCCN1CCN(CCOC2CC(OC(C)(C)C)C2)CC1. The highest BCUT2D eigenvalue weighted by molar-refractivity contribution is 4.83. The van der Waals surface area contributed by atoms with Gasteiger partial charge in [0.05, 0.1) is 31.0 Å². The molecule has 0 bridgehead atoms. The standard InChI is InChI=1S/C24H48N2O3/c1-23(2,3)20-27-16-9-7-8-10-25-11-13-26(14-12-25)15-17-28-21-18-22(19-21)29-24(4,5)6/h21-22H,7-20H2,1-6H3. The predicted molar refractivity (Wildman–Crippen MR) is 121 cm³/mol. The molecule has 1 aliphatic heterocycles. The lowest BCUT2D eigenvalue weighted by atomic mass is 9.91. The van der Waals surface area contributed by atoms with Crippen LogP contribution in [-0.2, 0) is 14.2 Å². The Bertz CT molecular complexity index is 430. The van der Waals surface area contributed by atoms with Gasteiger partial charge < -0.3 is 19.1 Å². The van der Waals surface area contributed by atoms with Crippen molar-refractivity contribution in [3.8, 4) is 0 Å². The molecule has 1 saturated heterocycles. The van der Waals surface area contributed by atoms with Crippen LogP contribution in [0.3, 0.4) is 0 Å². The van der Waals surface area contributed by atoms with E-state index in [1.165, 1.54) is 52.0 Å². The number of rotatable bonds is 12. The fourth-order valence-corrected chi connectivity index (χ4v) is 3.93. The molecule has 2 fully saturated rings. The highest BCUT2D eigenvalue weighted by Gasteiger charge is 2.33.